The van der Waals surface area contributed by atoms with Crippen LogP contribution in [0.2, 0.25) is 0 Å². The van der Waals surface area contributed by atoms with Crippen molar-refractivity contribution < 1.29 is 4.57 Å². The highest BCUT2D eigenvalue weighted by Crippen LogP contribution is 2.42. The minimum Gasteiger partial charge on any atom is -0.200 e. The van der Waals surface area contributed by atoms with Crippen LogP contribution >= 0.6 is 0 Å². The Kier molecular flexibility index (Phi) is 4.89. The number of nitrogens with zero attached hydrogens (tertiary/aromatic N) is 1. The summed E-state index contributed by atoms with van der Waals surface area (Å²) in [6, 6.07) is 11.9. The second-order valence-electron chi connectivity index (χ2n) is 9.65. The average molecular weight is 385 g/mol. The summed E-state index contributed by atoms with van der Waals surface area (Å²) >= 11 is 0. The Bertz CT molecular complexity index is 1140. The van der Waals surface area contributed by atoms with Crippen LogP contribution in [0.4, 0.5) is 0 Å². The maximum atomic E-state index is 2.44. The largest absolute Gasteiger partial charge is 0.221 e. The van der Waals surface area contributed by atoms with E-state index in [1.165, 1.54) is 55.4 Å². The number of pyridine rings is 1. The summed E-state index contributed by atoms with van der Waals surface area (Å²) in [6.07, 6.45) is 4.65. The lowest BCUT2D eigenvalue weighted by molar-refractivity contribution is -0.672. The van der Waals surface area contributed by atoms with Crippen molar-refractivity contribution in [3.05, 3.63) is 75.6 Å². The number of hydrogen-bond donors (Lipinski definition) is 0. The molecule has 0 amide bonds. The zero-order valence-corrected chi connectivity index (χ0v) is 19.2. The van der Waals surface area contributed by atoms with E-state index in [2.05, 4.69) is 103 Å². The molecule has 0 aliphatic heterocycles. The van der Waals surface area contributed by atoms with E-state index in [1.807, 2.05) is 0 Å². The van der Waals surface area contributed by atoms with Crippen molar-refractivity contribution in [2.45, 2.75) is 66.2 Å². The molecule has 0 fully saturated rings. The maximum Gasteiger partial charge on any atom is 0.221 e. The van der Waals surface area contributed by atoms with Gasteiger partial charge in [0.1, 0.15) is 7.05 Å². The highest BCUT2D eigenvalue weighted by Gasteiger charge is 2.29. The van der Waals surface area contributed by atoms with Crippen LogP contribution < -0.4 is 4.57 Å². The van der Waals surface area contributed by atoms with E-state index in [1.54, 1.807) is 0 Å². The van der Waals surface area contributed by atoms with E-state index in [0.29, 0.717) is 17.8 Å². The van der Waals surface area contributed by atoms with Crippen LogP contribution in [-0.2, 0) is 7.05 Å². The Labute approximate surface area is 176 Å². The summed E-state index contributed by atoms with van der Waals surface area (Å²) in [5.41, 5.74) is 11.2. The van der Waals surface area contributed by atoms with Crippen LogP contribution in [0.15, 0.2) is 36.5 Å². The molecule has 3 aromatic rings. The molecule has 0 N–H and O–H groups in total. The van der Waals surface area contributed by atoms with Gasteiger partial charge in [-0.2, -0.15) is 0 Å². The van der Waals surface area contributed by atoms with Crippen LogP contribution in [0.25, 0.3) is 22.4 Å². The Morgan fingerprint density at radius 2 is 1.45 bits per heavy atom. The van der Waals surface area contributed by atoms with Gasteiger partial charge in [0.15, 0.2) is 6.20 Å². The van der Waals surface area contributed by atoms with Crippen LogP contribution in [0.3, 0.4) is 0 Å². The molecule has 0 bridgehead atoms. The molecule has 29 heavy (non-hydrogen) atoms. The van der Waals surface area contributed by atoms with Gasteiger partial charge in [0.05, 0.1) is 11.0 Å². The SMILES string of the molecule is Cc1c(C2=Cc3cc(C(C)C)cc4cc[n+](C)c2c34)cc(C(C)C)cc1C(C)C. The van der Waals surface area contributed by atoms with E-state index in [9.17, 15) is 0 Å². The summed E-state index contributed by atoms with van der Waals surface area (Å²) < 4.78 is 2.30. The molecule has 1 aliphatic carbocycles. The van der Waals surface area contributed by atoms with Crippen LogP contribution in [0.1, 0.15) is 98.4 Å². The number of benzene rings is 2. The van der Waals surface area contributed by atoms with Gasteiger partial charge in [0, 0.05) is 6.07 Å². The molecule has 0 atom stereocenters. The molecule has 0 unspecified atom stereocenters. The zero-order chi connectivity index (χ0) is 21.0. The zero-order valence-electron chi connectivity index (χ0n) is 19.2. The second-order valence-corrected chi connectivity index (χ2v) is 9.65. The van der Waals surface area contributed by atoms with Gasteiger partial charge in [0.25, 0.3) is 0 Å². The number of hydrogen-bond acceptors (Lipinski definition) is 0. The van der Waals surface area contributed by atoms with Crippen molar-refractivity contribution >= 4 is 22.4 Å². The molecule has 0 spiro atoms. The lowest BCUT2D eigenvalue weighted by Gasteiger charge is -2.19. The first kappa shape index (κ1) is 19.9. The molecule has 1 nitrogen and oxygen atoms in total. The van der Waals surface area contributed by atoms with Gasteiger partial charge in [-0.05, 0) is 69.5 Å². The fourth-order valence-electron chi connectivity index (χ4n) is 4.73. The molecule has 4 rings (SSSR count). The van der Waals surface area contributed by atoms with Crippen molar-refractivity contribution in [2.24, 2.45) is 7.05 Å². The fourth-order valence-corrected chi connectivity index (χ4v) is 4.73. The molecular formula is C28H34N+. The Balaban J connectivity index is 2.03. The monoisotopic (exact) mass is 384 g/mol. The Morgan fingerprint density at radius 3 is 2.07 bits per heavy atom. The highest BCUT2D eigenvalue weighted by molar-refractivity contribution is 6.11. The first-order valence-corrected chi connectivity index (χ1v) is 11.0. The van der Waals surface area contributed by atoms with Gasteiger partial charge in [-0.25, -0.2) is 4.57 Å². The van der Waals surface area contributed by atoms with E-state index in [-0.39, 0.29) is 0 Å². The van der Waals surface area contributed by atoms with E-state index >= 15 is 0 Å². The number of aryl methyl sites for hydroxylation is 1. The minimum atomic E-state index is 0.522. The average Bonchev–Trinajstić information content (AvgIpc) is 3.04. The van der Waals surface area contributed by atoms with Crippen molar-refractivity contribution in [3.63, 3.8) is 0 Å². The molecule has 1 heterocycles. The van der Waals surface area contributed by atoms with Crippen molar-refractivity contribution in [1.29, 1.82) is 0 Å². The lowest BCUT2D eigenvalue weighted by Crippen LogP contribution is -2.32. The van der Waals surface area contributed by atoms with Gasteiger partial charge in [-0.3, -0.25) is 0 Å². The first-order valence-electron chi connectivity index (χ1n) is 11.0. The minimum absolute atomic E-state index is 0.522. The Morgan fingerprint density at radius 1 is 0.793 bits per heavy atom. The quantitative estimate of drug-likeness (QED) is 0.326. The Hall–Kier alpha value is -2.41. The summed E-state index contributed by atoms with van der Waals surface area (Å²) in [5.74, 6) is 1.58. The molecule has 1 heteroatoms. The summed E-state index contributed by atoms with van der Waals surface area (Å²) in [6.45, 7) is 16.1. The highest BCUT2D eigenvalue weighted by atomic mass is 14.9. The third-order valence-corrected chi connectivity index (χ3v) is 6.56. The molecule has 0 radical (unpaired) electrons. The predicted octanol–water partition coefficient (Wildman–Crippen LogP) is 7.25. The van der Waals surface area contributed by atoms with Crippen molar-refractivity contribution in [1.82, 2.24) is 0 Å². The molecule has 1 aromatic heterocycles. The second kappa shape index (κ2) is 7.13. The van der Waals surface area contributed by atoms with Gasteiger partial charge < -0.3 is 0 Å². The lowest BCUT2D eigenvalue weighted by atomic mass is 9.85. The van der Waals surface area contributed by atoms with Crippen LogP contribution in [-0.4, -0.2) is 0 Å². The van der Waals surface area contributed by atoms with E-state index < -0.39 is 0 Å². The molecule has 150 valence electrons. The topological polar surface area (TPSA) is 3.88 Å². The third kappa shape index (κ3) is 3.21. The van der Waals surface area contributed by atoms with Gasteiger partial charge >= 0.3 is 0 Å². The molecule has 1 aliphatic rings. The van der Waals surface area contributed by atoms with Gasteiger partial charge in [-0.1, -0.05) is 65.8 Å². The van der Waals surface area contributed by atoms with E-state index in [0.717, 1.165) is 0 Å². The third-order valence-electron chi connectivity index (χ3n) is 6.56. The maximum absolute atomic E-state index is 2.44. The molecule has 2 aromatic carbocycles. The molecule has 0 saturated heterocycles. The van der Waals surface area contributed by atoms with Crippen LogP contribution in [0, 0.1) is 6.92 Å². The smallest absolute Gasteiger partial charge is 0.200 e. The first-order chi connectivity index (χ1) is 13.7. The normalized spacial score (nSPS) is 13.3. The van der Waals surface area contributed by atoms with Crippen molar-refractivity contribution in [3.8, 4) is 0 Å². The van der Waals surface area contributed by atoms with Gasteiger partial charge in [0.2, 0.25) is 5.69 Å². The molecular weight excluding hydrogens is 350 g/mol. The molecule has 0 saturated carbocycles. The summed E-state index contributed by atoms with van der Waals surface area (Å²) in [7, 11) is 2.18. The standard InChI is InChI=1S/C28H34N/c1-16(2)21-11-20-9-10-29(8)28-26(15-23(12-21)27(20)28)25-14-22(17(3)4)13-24(18(5)6)19(25)7/h9-18H,1-8H3/q+1. The summed E-state index contributed by atoms with van der Waals surface area (Å²) in [5, 5.41) is 2.75. The fraction of sp³-hybridized carbons (Fsp3) is 0.393. The van der Waals surface area contributed by atoms with E-state index in [4.69, 9.17) is 0 Å². The summed E-state index contributed by atoms with van der Waals surface area (Å²) in [4.78, 5) is 0. The number of aromatic nitrogens is 1. The number of rotatable bonds is 4. The van der Waals surface area contributed by atoms with Crippen molar-refractivity contribution in [2.75, 3.05) is 0 Å². The predicted molar refractivity (Wildman–Crippen MR) is 126 cm³/mol. The van der Waals surface area contributed by atoms with Crippen LogP contribution in [0.5, 0.6) is 0 Å². The van der Waals surface area contributed by atoms with Gasteiger partial charge in [-0.15, -0.1) is 0 Å².